The Balaban J connectivity index is 4.15. The number of hydrogen-bond acceptors (Lipinski definition) is 1. The second-order valence-electron chi connectivity index (χ2n) is 5.82. The Kier molecular flexibility index (Phi) is 8.03. The summed E-state index contributed by atoms with van der Waals surface area (Å²) in [6.07, 6.45) is 8.43. The molecule has 0 amide bonds. The summed E-state index contributed by atoms with van der Waals surface area (Å²) >= 11 is 0. The largest absolute Gasteiger partial charge is 0.378 e. The lowest BCUT2D eigenvalue weighted by Gasteiger charge is -2.31. The Bertz CT molecular complexity index is 184. The first-order valence-electron chi connectivity index (χ1n) is 6.68. The van der Waals surface area contributed by atoms with E-state index in [0.717, 1.165) is 6.42 Å². The fourth-order valence-corrected chi connectivity index (χ4v) is 3.57. The van der Waals surface area contributed by atoms with Crippen molar-refractivity contribution in [1.82, 2.24) is 0 Å². The second-order valence-corrected chi connectivity index (χ2v) is 11.2. The maximum Gasteiger partial charge on any atom is 0.0785 e. The first-order chi connectivity index (χ1) is 7.41. The topological polar surface area (TPSA) is 9.23 Å². The van der Waals surface area contributed by atoms with Crippen LogP contribution in [0.1, 0.15) is 46.0 Å². The van der Waals surface area contributed by atoms with Gasteiger partial charge in [0.25, 0.3) is 0 Å². The van der Waals surface area contributed by atoms with E-state index in [0.29, 0.717) is 11.8 Å². The van der Waals surface area contributed by atoms with Gasteiger partial charge in [-0.25, -0.2) is 0 Å². The van der Waals surface area contributed by atoms with Crippen LogP contribution in [0.2, 0.25) is 19.6 Å². The van der Waals surface area contributed by atoms with Gasteiger partial charge >= 0.3 is 0 Å². The summed E-state index contributed by atoms with van der Waals surface area (Å²) in [6.45, 7) is 15.4. The van der Waals surface area contributed by atoms with Crippen molar-refractivity contribution in [3.63, 3.8) is 0 Å². The fourth-order valence-electron chi connectivity index (χ4n) is 1.86. The van der Waals surface area contributed by atoms with E-state index in [4.69, 9.17) is 4.74 Å². The molecule has 1 nitrogen and oxygen atoms in total. The highest BCUT2D eigenvalue weighted by Gasteiger charge is 2.28. The van der Waals surface area contributed by atoms with Crippen LogP contribution in [0.4, 0.5) is 0 Å². The normalized spacial score (nSPS) is 15.8. The summed E-state index contributed by atoms with van der Waals surface area (Å²) in [4.78, 5) is 0. The van der Waals surface area contributed by atoms with Crippen LogP contribution in [0, 0.1) is 0 Å². The van der Waals surface area contributed by atoms with Crippen molar-refractivity contribution in [2.24, 2.45) is 0 Å². The molecule has 0 aromatic heterocycles. The van der Waals surface area contributed by atoms with Gasteiger partial charge in [-0.1, -0.05) is 51.9 Å². The molecule has 0 aliphatic heterocycles. The molecule has 96 valence electrons. The lowest BCUT2D eigenvalue weighted by atomic mass is 10.2. The van der Waals surface area contributed by atoms with Crippen LogP contribution < -0.4 is 0 Å². The predicted molar refractivity (Wildman–Crippen MR) is 76.6 cm³/mol. The van der Waals surface area contributed by atoms with Crippen molar-refractivity contribution in [2.75, 3.05) is 0 Å². The molecular weight excluding hydrogens is 212 g/mol. The molecule has 0 saturated heterocycles. The van der Waals surface area contributed by atoms with E-state index in [9.17, 15) is 0 Å². The lowest BCUT2D eigenvalue weighted by molar-refractivity contribution is 0.0332. The van der Waals surface area contributed by atoms with Gasteiger partial charge in [0.1, 0.15) is 0 Å². The van der Waals surface area contributed by atoms with Gasteiger partial charge in [-0.3, -0.25) is 0 Å². The van der Waals surface area contributed by atoms with Crippen LogP contribution in [0.15, 0.2) is 12.7 Å². The van der Waals surface area contributed by atoms with Gasteiger partial charge in [0, 0.05) is 5.73 Å². The highest BCUT2D eigenvalue weighted by atomic mass is 28.3. The summed E-state index contributed by atoms with van der Waals surface area (Å²) in [6, 6.07) is 0. The van der Waals surface area contributed by atoms with Gasteiger partial charge in [0.05, 0.1) is 14.2 Å². The summed E-state index contributed by atoms with van der Waals surface area (Å²) < 4.78 is 6.19. The van der Waals surface area contributed by atoms with Crippen molar-refractivity contribution < 1.29 is 4.74 Å². The standard InChI is InChI=1S/C14H30OSi/c1-7-9-10-12-14(16(4,5)6)15-13(3)11-8-2/h8,13-14H,2,7,9-12H2,1,3-6H3. The molecule has 0 bridgehead atoms. The molecule has 2 atom stereocenters. The molecule has 0 spiro atoms. The Morgan fingerprint density at radius 1 is 1.25 bits per heavy atom. The van der Waals surface area contributed by atoms with Crippen LogP contribution in [-0.2, 0) is 4.74 Å². The highest BCUT2D eigenvalue weighted by Crippen LogP contribution is 2.20. The monoisotopic (exact) mass is 242 g/mol. The van der Waals surface area contributed by atoms with Crippen LogP contribution in [0.25, 0.3) is 0 Å². The molecule has 0 aliphatic carbocycles. The van der Waals surface area contributed by atoms with E-state index in [2.05, 4.69) is 40.1 Å². The van der Waals surface area contributed by atoms with E-state index < -0.39 is 8.07 Å². The van der Waals surface area contributed by atoms with Crippen molar-refractivity contribution in [2.45, 2.75) is 77.4 Å². The van der Waals surface area contributed by atoms with E-state index in [1.807, 2.05) is 6.08 Å². The fraction of sp³-hybridized carbons (Fsp3) is 0.857. The minimum absolute atomic E-state index is 0.329. The molecule has 0 aliphatic rings. The molecule has 0 fully saturated rings. The minimum atomic E-state index is -1.18. The summed E-state index contributed by atoms with van der Waals surface area (Å²) in [5, 5.41) is 0. The van der Waals surface area contributed by atoms with Crippen LogP contribution in [0.5, 0.6) is 0 Å². The molecule has 0 saturated carbocycles. The second kappa shape index (κ2) is 8.07. The van der Waals surface area contributed by atoms with E-state index in [1.165, 1.54) is 25.7 Å². The van der Waals surface area contributed by atoms with Gasteiger partial charge < -0.3 is 4.74 Å². The van der Waals surface area contributed by atoms with Gasteiger partial charge in [-0.15, -0.1) is 6.58 Å². The zero-order valence-corrected chi connectivity index (χ0v) is 12.9. The number of ether oxygens (including phenoxy) is 1. The first-order valence-corrected chi connectivity index (χ1v) is 10.3. The molecule has 0 aromatic rings. The zero-order valence-electron chi connectivity index (χ0n) is 11.9. The summed E-state index contributed by atoms with van der Waals surface area (Å²) in [5.74, 6) is 0. The van der Waals surface area contributed by atoms with E-state index in [1.54, 1.807) is 0 Å². The molecule has 0 rings (SSSR count). The number of unbranched alkanes of at least 4 members (excludes halogenated alkanes) is 2. The average molecular weight is 242 g/mol. The van der Waals surface area contributed by atoms with Crippen molar-refractivity contribution >= 4 is 8.07 Å². The molecule has 0 N–H and O–H groups in total. The summed E-state index contributed by atoms with van der Waals surface area (Å²) in [7, 11) is -1.18. The molecule has 2 heteroatoms. The van der Waals surface area contributed by atoms with Gasteiger partial charge in [0.2, 0.25) is 0 Å². The molecule has 2 unspecified atom stereocenters. The smallest absolute Gasteiger partial charge is 0.0785 e. The average Bonchev–Trinajstić information content (AvgIpc) is 2.15. The first kappa shape index (κ1) is 15.9. The van der Waals surface area contributed by atoms with E-state index in [-0.39, 0.29) is 0 Å². The van der Waals surface area contributed by atoms with Gasteiger partial charge in [-0.2, -0.15) is 0 Å². The maximum atomic E-state index is 6.19. The zero-order chi connectivity index (χ0) is 12.6. The van der Waals surface area contributed by atoms with Gasteiger partial charge in [-0.05, 0) is 19.8 Å². The van der Waals surface area contributed by atoms with Crippen molar-refractivity contribution in [3.8, 4) is 0 Å². The van der Waals surface area contributed by atoms with Crippen LogP contribution >= 0.6 is 0 Å². The Morgan fingerprint density at radius 3 is 2.31 bits per heavy atom. The third kappa shape index (κ3) is 7.23. The van der Waals surface area contributed by atoms with Crippen molar-refractivity contribution in [1.29, 1.82) is 0 Å². The predicted octanol–water partition coefficient (Wildman–Crippen LogP) is 4.79. The molecule has 0 aromatic carbocycles. The Labute approximate surface area is 103 Å². The molecule has 0 radical (unpaired) electrons. The molecule has 16 heavy (non-hydrogen) atoms. The third-order valence-electron chi connectivity index (χ3n) is 2.93. The maximum absolute atomic E-state index is 6.19. The van der Waals surface area contributed by atoms with Crippen LogP contribution in [0.3, 0.4) is 0 Å². The molecule has 0 heterocycles. The molecular formula is C14H30OSi. The third-order valence-corrected chi connectivity index (χ3v) is 5.29. The quantitative estimate of drug-likeness (QED) is 0.321. The van der Waals surface area contributed by atoms with Crippen molar-refractivity contribution in [3.05, 3.63) is 12.7 Å². The number of hydrogen-bond donors (Lipinski definition) is 0. The summed E-state index contributed by atoms with van der Waals surface area (Å²) in [5.41, 5.74) is 0.508. The SMILES string of the molecule is C=CCC(C)OC(CCCCC)[Si](C)(C)C. The number of rotatable bonds is 9. The van der Waals surface area contributed by atoms with Crippen LogP contribution in [-0.4, -0.2) is 19.9 Å². The highest BCUT2D eigenvalue weighted by molar-refractivity contribution is 6.77. The van der Waals surface area contributed by atoms with E-state index >= 15 is 0 Å². The Morgan fingerprint density at radius 2 is 1.88 bits per heavy atom. The van der Waals surface area contributed by atoms with Gasteiger partial charge in [0.15, 0.2) is 0 Å². The minimum Gasteiger partial charge on any atom is -0.378 e. The lowest BCUT2D eigenvalue weighted by Crippen LogP contribution is -2.42. The Hall–Kier alpha value is -0.0831.